The molecule has 2 fully saturated rings. The second-order valence-corrected chi connectivity index (χ2v) is 10.7. The number of halogens is 4. The summed E-state index contributed by atoms with van der Waals surface area (Å²) in [5, 5.41) is 0. The van der Waals surface area contributed by atoms with Crippen LogP contribution in [0.5, 0.6) is 0 Å². The van der Waals surface area contributed by atoms with E-state index in [9.17, 15) is 17.6 Å². The second kappa shape index (κ2) is 11.9. The quantitative estimate of drug-likeness (QED) is 0.244. The van der Waals surface area contributed by atoms with Crippen LogP contribution in [0.1, 0.15) is 127 Å². The molecule has 2 aliphatic rings. The predicted octanol–water partition coefficient (Wildman–Crippen LogP) is 9.91. The van der Waals surface area contributed by atoms with Gasteiger partial charge in [-0.25, -0.2) is 17.6 Å². The van der Waals surface area contributed by atoms with Crippen molar-refractivity contribution in [2.24, 2.45) is 17.8 Å². The molecule has 1 aromatic rings. The van der Waals surface area contributed by atoms with Crippen molar-refractivity contribution in [3.8, 4) is 0 Å². The third kappa shape index (κ3) is 6.97. The van der Waals surface area contributed by atoms with Gasteiger partial charge in [0.1, 0.15) is 11.6 Å². The van der Waals surface area contributed by atoms with Crippen LogP contribution in [0.4, 0.5) is 17.6 Å². The molecule has 0 nitrogen and oxygen atoms in total. The molecule has 0 amide bonds. The average molecular weight is 455 g/mol. The van der Waals surface area contributed by atoms with Crippen molar-refractivity contribution in [1.29, 1.82) is 0 Å². The Labute approximate surface area is 192 Å². The SMILES string of the molecule is CCCCCCCC[C@H]1CC[C@H](C2CCC(c3cc(F)c(C(C)(F)F)c(F)c3)CC2)CC1. The molecule has 0 heterocycles. The lowest BCUT2D eigenvalue weighted by Crippen LogP contribution is -2.25. The molecule has 0 N–H and O–H groups in total. The number of rotatable bonds is 10. The molecular weight excluding hydrogens is 412 g/mol. The summed E-state index contributed by atoms with van der Waals surface area (Å²) in [4.78, 5) is 0. The monoisotopic (exact) mass is 454 g/mol. The predicted molar refractivity (Wildman–Crippen MR) is 124 cm³/mol. The van der Waals surface area contributed by atoms with E-state index in [1.807, 2.05) is 0 Å². The fraction of sp³-hybridized carbons (Fsp3) is 0.786. The Morgan fingerprint density at radius 1 is 0.750 bits per heavy atom. The van der Waals surface area contributed by atoms with Crippen molar-refractivity contribution in [2.45, 2.75) is 122 Å². The molecule has 2 saturated carbocycles. The Morgan fingerprint density at radius 3 is 1.78 bits per heavy atom. The van der Waals surface area contributed by atoms with Gasteiger partial charge in [-0.15, -0.1) is 0 Å². The van der Waals surface area contributed by atoms with Crippen LogP contribution in [0.2, 0.25) is 0 Å². The summed E-state index contributed by atoms with van der Waals surface area (Å²) in [6.07, 6.45) is 19.0. The standard InChI is InChI=1S/C28H42F4/c1-3-4-5-6-7-8-9-20-10-12-21(13-11-20)22-14-16-23(17-15-22)24-18-25(29)27(26(30)19-24)28(2,31)32/h18-23H,3-17H2,1-2H3/t20-,21-,22?,23?. The second-order valence-electron chi connectivity index (χ2n) is 10.7. The van der Waals surface area contributed by atoms with Gasteiger partial charge < -0.3 is 0 Å². The van der Waals surface area contributed by atoms with Crippen LogP contribution in [-0.2, 0) is 5.92 Å². The molecule has 2 aliphatic carbocycles. The first kappa shape index (κ1) is 25.6. The van der Waals surface area contributed by atoms with Crippen LogP contribution in [0.3, 0.4) is 0 Å². The van der Waals surface area contributed by atoms with Crippen LogP contribution in [0.25, 0.3) is 0 Å². The summed E-state index contributed by atoms with van der Waals surface area (Å²) in [5.41, 5.74) is -0.554. The molecule has 182 valence electrons. The maximum Gasteiger partial charge on any atom is 0.276 e. The molecule has 0 spiro atoms. The van der Waals surface area contributed by atoms with Crippen LogP contribution in [-0.4, -0.2) is 0 Å². The van der Waals surface area contributed by atoms with Gasteiger partial charge in [-0.2, -0.15) is 0 Å². The van der Waals surface area contributed by atoms with E-state index in [-0.39, 0.29) is 5.92 Å². The van der Waals surface area contributed by atoms with Gasteiger partial charge in [0.15, 0.2) is 0 Å². The summed E-state index contributed by atoms with van der Waals surface area (Å²) < 4.78 is 55.4. The molecule has 0 unspecified atom stereocenters. The largest absolute Gasteiger partial charge is 0.276 e. The third-order valence-corrected chi connectivity index (χ3v) is 8.27. The highest BCUT2D eigenvalue weighted by Crippen LogP contribution is 2.45. The summed E-state index contributed by atoms with van der Waals surface area (Å²) in [5.74, 6) is -3.22. The Morgan fingerprint density at radius 2 is 1.25 bits per heavy atom. The van der Waals surface area contributed by atoms with Gasteiger partial charge in [-0.3, -0.25) is 0 Å². The molecule has 4 heteroatoms. The molecule has 32 heavy (non-hydrogen) atoms. The van der Waals surface area contributed by atoms with Gasteiger partial charge in [-0.05, 0) is 79.9 Å². The van der Waals surface area contributed by atoms with Gasteiger partial charge >= 0.3 is 0 Å². The molecule has 0 bridgehead atoms. The minimum atomic E-state index is -3.50. The van der Waals surface area contributed by atoms with E-state index in [2.05, 4.69) is 6.92 Å². The van der Waals surface area contributed by atoms with E-state index in [0.29, 0.717) is 12.5 Å². The lowest BCUT2D eigenvalue weighted by molar-refractivity contribution is 0.00977. The molecule has 0 radical (unpaired) electrons. The van der Waals surface area contributed by atoms with E-state index >= 15 is 0 Å². The van der Waals surface area contributed by atoms with E-state index in [4.69, 9.17) is 0 Å². The van der Waals surface area contributed by atoms with Crippen molar-refractivity contribution in [1.82, 2.24) is 0 Å². The fourth-order valence-corrected chi connectivity index (χ4v) is 6.33. The van der Waals surface area contributed by atoms with Gasteiger partial charge in [0.05, 0.1) is 5.56 Å². The van der Waals surface area contributed by atoms with Crippen molar-refractivity contribution < 1.29 is 17.6 Å². The highest BCUT2D eigenvalue weighted by Gasteiger charge is 2.35. The number of benzene rings is 1. The lowest BCUT2D eigenvalue weighted by atomic mass is 9.68. The Balaban J connectivity index is 1.41. The zero-order valence-electron chi connectivity index (χ0n) is 20.1. The zero-order valence-corrected chi connectivity index (χ0v) is 20.1. The Bertz CT molecular complexity index is 669. The van der Waals surface area contributed by atoms with E-state index < -0.39 is 23.1 Å². The highest BCUT2D eigenvalue weighted by molar-refractivity contribution is 5.31. The van der Waals surface area contributed by atoms with Crippen molar-refractivity contribution in [2.75, 3.05) is 0 Å². The van der Waals surface area contributed by atoms with Crippen LogP contribution in [0.15, 0.2) is 12.1 Å². The van der Waals surface area contributed by atoms with E-state index in [1.165, 1.54) is 70.6 Å². The van der Waals surface area contributed by atoms with Gasteiger partial charge in [0, 0.05) is 6.92 Å². The fourth-order valence-electron chi connectivity index (χ4n) is 6.33. The maximum absolute atomic E-state index is 14.2. The molecule has 3 rings (SSSR count). The minimum absolute atomic E-state index is 0.0822. The topological polar surface area (TPSA) is 0 Å². The first-order valence-corrected chi connectivity index (χ1v) is 13.2. The molecule has 1 aromatic carbocycles. The molecular formula is C28H42F4. The van der Waals surface area contributed by atoms with Gasteiger partial charge in [0.25, 0.3) is 5.92 Å². The van der Waals surface area contributed by atoms with Crippen molar-refractivity contribution in [3.63, 3.8) is 0 Å². The third-order valence-electron chi connectivity index (χ3n) is 8.27. The van der Waals surface area contributed by atoms with Gasteiger partial charge in [0.2, 0.25) is 0 Å². The Hall–Kier alpha value is -1.06. The summed E-state index contributed by atoms with van der Waals surface area (Å²) in [6.45, 7) is 2.81. The molecule has 0 aromatic heterocycles. The van der Waals surface area contributed by atoms with Crippen molar-refractivity contribution >= 4 is 0 Å². The smallest absolute Gasteiger partial charge is 0.206 e. The number of unbranched alkanes of at least 4 members (excludes halogenated alkanes) is 5. The summed E-state index contributed by atoms with van der Waals surface area (Å²) in [7, 11) is 0. The minimum Gasteiger partial charge on any atom is -0.206 e. The molecule has 0 atom stereocenters. The maximum atomic E-state index is 14.2. The lowest BCUT2D eigenvalue weighted by Gasteiger charge is -2.38. The number of hydrogen-bond donors (Lipinski definition) is 0. The van der Waals surface area contributed by atoms with Crippen LogP contribution >= 0.6 is 0 Å². The molecule has 0 aliphatic heterocycles. The van der Waals surface area contributed by atoms with E-state index in [0.717, 1.165) is 55.6 Å². The van der Waals surface area contributed by atoms with Crippen LogP contribution < -0.4 is 0 Å². The normalized spacial score (nSPS) is 26.9. The Kier molecular flexibility index (Phi) is 9.49. The first-order chi connectivity index (χ1) is 15.3. The number of alkyl halides is 2. The number of hydrogen-bond acceptors (Lipinski definition) is 0. The van der Waals surface area contributed by atoms with Crippen molar-refractivity contribution in [3.05, 3.63) is 34.9 Å². The first-order valence-electron chi connectivity index (χ1n) is 13.2. The average Bonchev–Trinajstić information content (AvgIpc) is 2.75. The highest BCUT2D eigenvalue weighted by atomic mass is 19.3. The molecule has 0 saturated heterocycles. The van der Waals surface area contributed by atoms with E-state index in [1.54, 1.807) is 0 Å². The van der Waals surface area contributed by atoms with Gasteiger partial charge in [-0.1, -0.05) is 64.7 Å². The summed E-state index contributed by atoms with van der Waals surface area (Å²) >= 11 is 0. The zero-order chi connectivity index (χ0) is 23.1. The van der Waals surface area contributed by atoms with Crippen LogP contribution in [0, 0.1) is 29.4 Å². The summed E-state index contributed by atoms with van der Waals surface area (Å²) in [6, 6.07) is 2.29.